The van der Waals surface area contributed by atoms with Crippen LogP contribution in [0.1, 0.15) is 17.0 Å². The lowest BCUT2D eigenvalue weighted by molar-refractivity contribution is -0.583. The van der Waals surface area contributed by atoms with Crippen molar-refractivity contribution in [1.29, 1.82) is 0 Å². The summed E-state index contributed by atoms with van der Waals surface area (Å²) in [5, 5.41) is 21.0. The molecule has 2 atom stereocenters. The number of H-pyrrole nitrogens is 1. The van der Waals surface area contributed by atoms with Gasteiger partial charge < -0.3 is 25.7 Å². The highest BCUT2D eigenvalue weighted by atomic mass is 32.2. The number of hydrogen-bond acceptors (Lipinski definition) is 10. The zero-order chi connectivity index (χ0) is 27.7. The molecule has 2 amide bonds. The van der Waals surface area contributed by atoms with Gasteiger partial charge in [0, 0.05) is 43.7 Å². The second-order valence-electron chi connectivity index (χ2n) is 8.82. The van der Waals surface area contributed by atoms with Crippen LogP contribution in [0.3, 0.4) is 0 Å². The molecule has 5 N–H and O–H groups in total. The normalized spacial score (nSPS) is 19.2. The molecule has 0 spiro atoms. The van der Waals surface area contributed by atoms with Crippen molar-refractivity contribution < 1.29 is 33.6 Å². The van der Waals surface area contributed by atoms with E-state index >= 15 is 0 Å². The summed E-state index contributed by atoms with van der Waals surface area (Å²) < 4.78 is 6.84. The predicted molar refractivity (Wildman–Crippen MR) is 143 cm³/mol. The first-order valence-corrected chi connectivity index (χ1v) is 13.8. The molecular formula is C24H26N7O6S2+. The number of nitrogens with one attached hydrogen (secondary N) is 2. The van der Waals surface area contributed by atoms with E-state index < -0.39 is 29.2 Å². The van der Waals surface area contributed by atoms with Gasteiger partial charge >= 0.3 is 5.97 Å². The number of rotatable bonds is 10. The second kappa shape index (κ2) is 11.0. The number of aromatic nitrogens is 3. The lowest BCUT2D eigenvalue weighted by Crippen LogP contribution is -2.71. The van der Waals surface area contributed by atoms with Crippen molar-refractivity contribution in [3.63, 3.8) is 0 Å². The number of hydrogen-bond donors (Lipinski definition) is 4. The SMILES string of the molecule is COCCON=C(C(=O)N[C@@H]1C(=O)N2C(C(=O)O)=C(Cc3c[nH][n+]4c(C)cccc34)CS[C@@H]12)c1csc(N)n1. The quantitative estimate of drug-likeness (QED) is 0.0883. The van der Waals surface area contributed by atoms with Crippen LogP contribution < -0.4 is 15.6 Å². The van der Waals surface area contributed by atoms with Crippen molar-refractivity contribution in [2.24, 2.45) is 5.16 Å². The third kappa shape index (κ3) is 5.07. The van der Waals surface area contributed by atoms with E-state index in [4.69, 9.17) is 15.3 Å². The third-order valence-electron chi connectivity index (χ3n) is 6.34. The van der Waals surface area contributed by atoms with Gasteiger partial charge in [0.25, 0.3) is 11.8 Å². The summed E-state index contributed by atoms with van der Waals surface area (Å²) in [5.41, 5.74) is 9.20. The van der Waals surface area contributed by atoms with E-state index in [-0.39, 0.29) is 35.4 Å². The number of nitrogen functional groups attached to an aromatic ring is 1. The van der Waals surface area contributed by atoms with Crippen LogP contribution in [0.15, 0.2) is 46.2 Å². The lowest BCUT2D eigenvalue weighted by Gasteiger charge is -2.49. The van der Waals surface area contributed by atoms with E-state index in [1.165, 1.54) is 23.8 Å². The minimum absolute atomic E-state index is 0.0506. The largest absolute Gasteiger partial charge is 0.477 e. The number of β-lactam (4-membered cyclic amide) rings is 1. The van der Waals surface area contributed by atoms with Gasteiger partial charge in [-0.2, -0.15) is 5.10 Å². The number of fused-ring (bicyclic) bond motifs is 2. The lowest BCUT2D eigenvalue weighted by atomic mass is 9.99. The van der Waals surface area contributed by atoms with E-state index in [1.807, 2.05) is 35.8 Å². The average molecular weight is 573 g/mol. The molecular weight excluding hydrogens is 546 g/mol. The summed E-state index contributed by atoms with van der Waals surface area (Å²) in [4.78, 5) is 49.2. The third-order valence-corrected chi connectivity index (χ3v) is 8.35. The molecule has 0 unspecified atom stereocenters. The van der Waals surface area contributed by atoms with Gasteiger partial charge in [0.15, 0.2) is 10.8 Å². The zero-order valence-electron chi connectivity index (χ0n) is 21.0. The monoisotopic (exact) mass is 572 g/mol. The smallest absolute Gasteiger partial charge is 0.352 e. The van der Waals surface area contributed by atoms with E-state index in [1.54, 1.807) is 5.38 Å². The van der Waals surface area contributed by atoms with Gasteiger partial charge in [0.05, 0.1) is 18.4 Å². The summed E-state index contributed by atoms with van der Waals surface area (Å²) in [5.74, 6) is -2.01. The van der Waals surface area contributed by atoms with Gasteiger partial charge in [0.1, 0.15) is 29.4 Å². The van der Waals surface area contributed by atoms with Crippen molar-refractivity contribution in [3.05, 3.63) is 58.0 Å². The molecule has 0 aliphatic carbocycles. The highest BCUT2D eigenvalue weighted by Crippen LogP contribution is 2.41. The maximum atomic E-state index is 13.2. The number of aliphatic carboxylic acids is 1. The van der Waals surface area contributed by atoms with Crippen LogP contribution in [-0.2, 0) is 30.4 Å². The van der Waals surface area contributed by atoms with Crippen molar-refractivity contribution in [3.8, 4) is 0 Å². The second-order valence-corrected chi connectivity index (χ2v) is 10.8. The Morgan fingerprint density at radius 2 is 2.21 bits per heavy atom. The van der Waals surface area contributed by atoms with Crippen molar-refractivity contribution in [2.75, 3.05) is 31.8 Å². The zero-order valence-corrected chi connectivity index (χ0v) is 22.7. The van der Waals surface area contributed by atoms with Crippen LogP contribution in [0.5, 0.6) is 0 Å². The van der Waals surface area contributed by atoms with Crippen LogP contribution in [0.2, 0.25) is 0 Å². The Morgan fingerprint density at radius 1 is 1.38 bits per heavy atom. The molecule has 0 bridgehead atoms. The number of carboxylic acid groups (broad SMARTS) is 1. The van der Waals surface area contributed by atoms with Gasteiger partial charge in [0.2, 0.25) is 11.2 Å². The fourth-order valence-corrected chi connectivity index (χ4v) is 6.38. The fourth-order valence-electron chi connectivity index (χ4n) is 4.49. The molecule has 0 radical (unpaired) electrons. The summed E-state index contributed by atoms with van der Waals surface area (Å²) >= 11 is 2.52. The Balaban J connectivity index is 1.35. The highest BCUT2D eigenvalue weighted by Gasteiger charge is 2.54. The van der Waals surface area contributed by atoms with Crippen LogP contribution >= 0.6 is 23.1 Å². The van der Waals surface area contributed by atoms with Crippen LogP contribution in [0, 0.1) is 6.92 Å². The maximum Gasteiger partial charge on any atom is 0.352 e. The number of amides is 2. The van der Waals surface area contributed by atoms with Gasteiger partial charge in [-0.3, -0.25) is 14.5 Å². The summed E-state index contributed by atoms with van der Waals surface area (Å²) in [6.45, 7) is 2.33. The van der Waals surface area contributed by atoms with Crippen LogP contribution in [-0.4, -0.2) is 81.1 Å². The number of thioether (sulfide) groups is 1. The van der Waals surface area contributed by atoms with Crippen LogP contribution in [0.4, 0.5) is 5.13 Å². The molecule has 1 fully saturated rings. The van der Waals surface area contributed by atoms with Gasteiger partial charge in [-0.15, -0.1) is 23.1 Å². The Hall–Kier alpha value is -3.95. The first kappa shape index (κ1) is 26.6. The standard InChI is InChI=1S/C24H25N7O6S2/c1-12-4-3-5-16-13(9-26-31(12)16)8-14-10-38-22-18(21(33)30(22)19(14)23(34)35)28-20(32)17(29-37-7-6-36-2)15-11-39-24(25)27-15/h3-5,9,11,18,22H,6-8,10H2,1-2H3,(H4,25,27,28,32,34,35)/p+1/t18-,22+/m1/s1. The number of carboxylic acids is 1. The number of methoxy groups -OCH3 is 1. The Labute approximate surface area is 230 Å². The Bertz CT molecular complexity index is 1510. The molecule has 2 aliphatic heterocycles. The number of nitrogens with zero attached hydrogens (tertiary/aromatic N) is 4. The molecule has 3 aromatic rings. The number of oxime groups is 1. The van der Waals surface area contributed by atoms with E-state index in [2.05, 4.69) is 20.6 Å². The summed E-state index contributed by atoms with van der Waals surface area (Å²) in [7, 11) is 1.50. The molecule has 204 valence electrons. The number of aromatic amines is 1. The number of pyridine rings is 1. The van der Waals surface area contributed by atoms with E-state index in [9.17, 15) is 19.5 Å². The van der Waals surface area contributed by atoms with E-state index in [0.717, 1.165) is 28.1 Å². The molecule has 0 aromatic carbocycles. The maximum absolute atomic E-state index is 13.2. The number of carbonyl (C=O) groups excluding carboxylic acids is 2. The average Bonchev–Trinajstić information content (AvgIpc) is 3.53. The number of nitrogens with two attached hydrogens (primary N) is 1. The minimum Gasteiger partial charge on any atom is -0.477 e. The first-order valence-electron chi connectivity index (χ1n) is 11.9. The molecule has 0 saturated carbocycles. The summed E-state index contributed by atoms with van der Waals surface area (Å²) in [6.07, 6.45) is 2.20. The molecule has 2 aliphatic rings. The Kier molecular flexibility index (Phi) is 7.54. The van der Waals surface area contributed by atoms with Gasteiger partial charge in [-0.25, -0.2) is 9.78 Å². The number of anilines is 1. The van der Waals surface area contributed by atoms with Gasteiger partial charge in [-0.1, -0.05) is 9.67 Å². The van der Waals surface area contributed by atoms with Crippen LogP contribution in [0.25, 0.3) is 5.52 Å². The molecule has 5 heterocycles. The number of aryl methyl sites for hydroxylation is 1. The van der Waals surface area contributed by atoms with E-state index in [0.29, 0.717) is 17.7 Å². The molecule has 5 rings (SSSR count). The molecule has 1 saturated heterocycles. The Morgan fingerprint density at radius 3 is 2.92 bits per heavy atom. The summed E-state index contributed by atoms with van der Waals surface area (Å²) in [6, 6.07) is 4.92. The topological polar surface area (TPSA) is 176 Å². The number of thiazole rings is 1. The van der Waals surface area contributed by atoms with Gasteiger partial charge in [-0.05, 0) is 11.6 Å². The number of carbonyl (C=O) groups is 3. The predicted octanol–water partition coefficient (Wildman–Crippen LogP) is 0.449. The molecule has 3 aromatic heterocycles. The van der Waals surface area contributed by atoms with Crippen molar-refractivity contribution in [2.45, 2.75) is 24.8 Å². The highest BCUT2D eigenvalue weighted by molar-refractivity contribution is 8.00. The minimum atomic E-state index is -1.19. The molecule has 13 nitrogen and oxygen atoms in total. The van der Waals surface area contributed by atoms with Crippen molar-refractivity contribution >= 4 is 57.2 Å². The molecule has 15 heteroatoms. The first-order chi connectivity index (χ1) is 18.8. The van der Waals surface area contributed by atoms with Crippen molar-refractivity contribution in [1.82, 2.24) is 20.3 Å². The number of ether oxygens (including phenoxy) is 1. The molecule has 39 heavy (non-hydrogen) atoms. The fraction of sp³-hybridized carbons (Fsp3) is 0.333.